The fourth-order valence-electron chi connectivity index (χ4n) is 1.74. The fourth-order valence-corrected chi connectivity index (χ4v) is 2.90. The van der Waals surface area contributed by atoms with Crippen LogP contribution in [0.1, 0.15) is 25.6 Å². The number of thioether (sulfide) groups is 1. The van der Waals surface area contributed by atoms with Gasteiger partial charge in [-0.1, -0.05) is 30.7 Å². The Morgan fingerprint density at radius 1 is 1.41 bits per heavy atom. The monoisotopic (exact) mass is 340 g/mol. The van der Waals surface area contributed by atoms with Gasteiger partial charge in [0.15, 0.2) is 12.4 Å². The van der Waals surface area contributed by atoms with Gasteiger partial charge in [-0.3, -0.25) is 4.79 Å². The first kappa shape index (κ1) is 16.8. The van der Waals surface area contributed by atoms with E-state index in [0.29, 0.717) is 29.6 Å². The van der Waals surface area contributed by atoms with Gasteiger partial charge >= 0.3 is 5.97 Å². The van der Waals surface area contributed by atoms with Gasteiger partial charge in [0.2, 0.25) is 0 Å². The van der Waals surface area contributed by atoms with Gasteiger partial charge in [-0.05, 0) is 29.0 Å². The summed E-state index contributed by atoms with van der Waals surface area (Å²) in [5.41, 5.74) is 0. The number of aromatic nitrogens is 4. The van der Waals surface area contributed by atoms with Gasteiger partial charge < -0.3 is 4.74 Å². The lowest BCUT2D eigenvalue weighted by Gasteiger charge is -2.06. The third-order valence-electron chi connectivity index (χ3n) is 2.80. The van der Waals surface area contributed by atoms with Crippen molar-refractivity contribution < 1.29 is 9.53 Å². The van der Waals surface area contributed by atoms with E-state index < -0.39 is 0 Å². The fraction of sp³-hybridized carbons (Fsp3) is 0.429. The summed E-state index contributed by atoms with van der Waals surface area (Å²) in [5, 5.41) is 12.0. The molecule has 0 radical (unpaired) electrons. The van der Waals surface area contributed by atoms with E-state index >= 15 is 0 Å². The molecule has 0 aliphatic carbocycles. The van der Waals surface area contributed by atoms with Gasteiger partial charge in [-0.2, -0.15) is 0 Å². The largest absolute Gasteiger partial charge is 0.457 e. The molecule has 1 heterocycles. The number of hydrogen-bond donors (Lipinski definition) is 0. The number of ether oxygens (including phenoxy) is 1. The number of tetrazole rings is 1. The van der Waals surface area contributed by atoms with Crippen molar-refractivity contribution in [1.82, 2.24) is 20.2 Å². The Hall–Kier alpha value is -1.60. The first-order chi connectivity index (χ1) is 10.7. The summed E-state index contributed by atoms with van der Waals surface area (Å²) in [6, 6.07) is 7.55. The maximum absolute atomic E-state index is 11.7. The molecule has 0 spiro atoms. The van der Waals surface area contributed by atoms with Crippen LogP contribution in [0, 0.1) is 0 Å². The van der Waals surface area contributed by atoms with Gasteiger partial charge in [0.1, 0.15) is 0 Å². The number of benzene rings is 1. The van der Waals surface area contributed by atoms with Crippen LogP contribution < -0.4 is 0 Å². The molecule has 1 aromatic carbocycles. The molecule has 2 rings (SSSR count). The Bertz CT molecular complexity index is 620. The number of rotatable bonds is 8. The minimum atomic E-state index is -0.273. The van der Waals surface area contributed by atoms with Crippen molar-refractivity contribution in [3.63, 3.8) is 0 Å². The molecule has 0 unspecified atom stereocenters. The van der Waals surface area contributed by atoms with Crippen LogP contribution in [0.15, 0.2) is 29.2 Å². The van der Waals surface area contributed by atoms with E-state index in [9.17, 15) is 4.79 Å². The van der Waals surface area contributed by atoms with E-state index in [1.807, 2.05) is 31.2 Å². The highest BCUT2D eigenvalue weighted by Crippen LogP contribution is 2.26. The number of carbonyl (C=O) groups is 1. The summed E-state index contributed by atoms with van der Waals surface area (Å²) in [4.78, 5) is 12.7. The van der Waals surface area contributed by atoms with Gasteiger partial charge in [-0.25, -0.2) is 4.68 Å². The molecule has 0 fully saturated rings. The van der Waals surface area contributed by atoms with Crippen LogP contribution >= 0.6 is 23.4 Å². The molecule has 0 saturated carbocycles. The lowest BCUT2D eigenvalue weighted by atomic mass is 10.4. The van der Waals surface area contributed by atoms with Gasteiger partial charge in [0.05, 0.1) is 11.4 Å². The molecule has 0 amide bonds. The third-order valence-corrected chi connectivity index (χ3v) is 4.32. The van der Waals surface area contributed by atoms with Crippen LogP contribution in [0.3, 0.4) is 0 Å². The van der Waals surface area contributed by atoms with Gasteiger partial charge in [-0.15, -0.1) is 16.9 Å². The normalized spacial score (nSPS) is 10.6. The average Bonchev–Trinajstić information content (AvgIpc) is 2.95. The van der Waals surface area contributed by atoms with E-state index in [4.69, 9.17) is 16.3 Å². The van der Waals surface area contributed by atoms with Crippen molar-refractivity contribution in [2.24, 2.45) is 0 Å². The second-order valence-corrected chi connectivity index (χ2v) is 6.05. The van der Waals surface area contributed by atoms with E-state index in [-0.39, 0.29) is 12.6 Å². The highest BCUT2D eigenvalue weighted by Gasteiger charge is 2.10. The quantitative estimate of drug-likeness (QED) is 0.543. The summed E-state index contributed by atoms with van der Waals surface area (Å²) < 4.78 is 6.84. The molecule has 0 N–H and O–H groups in total. The van der Waals surface area contributed by atoms with Crippen molar-refractivity contribution in [2.45, 2.75) is 37.8 Å². The lowest BCUT2D eigenvalue weighted by molar-refractivity contribution is -0.144. The van der Waals surface area contributed by atoms with Gasteiger partial charge in [0.25, 0.3) is 0 Å². The molecule has 1 aromatic heterocycles. The summed E-state index contributed by atoms with van der Waals surface area (Å²) in [5.74, 6) is 0.905. The van der Waals surface area contributed by atoms with Crippen LogP contribution in [0.2, 0.25) is 5.02 Å². The summed E-state index contributed by atoms with van der Waals surface area (Å²) in [6.07, 6.45) is 1.23. The Labute approximate surface area is 138 Å². The van der Waals surface area contributed by atoms with Crippen molar-refractivity contribution in [3.05, 3.63) is 35.1 Å². The average molecular weight is 341 g/mol. The van der Waals surface area contributed by atoms with E-state index in [1.165, 1.54) is 11.8 Å². The molecule has 0 aliphatic rings. The molecule has 6 nitrogen and oxygen atoms in total. The smallest absolute Gasteiger partial charge is 0.307 e. The molecule has 0 saturated heterocycles. The standard InChI is InChI=1S/C14H17ClN4O2S/c1-2-8-19-13(16-17-18-19)10-21-14(20)7-9-22-12-6-4-3-5-11(12)15/h3-6H,2,7-10H2,1H3. The Morgan fingerprint density at radius 2 is 2.23 bits per heavy atom. The molecule has 8 heteroatoms. The number of carbonyl (C=O) groups excluding carboxylic acids is 1. The zero-order chi connectivity index (χ0) is 15.8. The number of nitrogens with zero attached hydrogens (tertiary/aromatic N) is 4. The van der Waals surface area contributed by atoms with Crippen LogP contribution in [0.25, 0.3) is 0 Å². The number of esters is 1. The summed E-state index contributed by atoms with van der Waals surface area (Å²) in [7, 11) is 0. The van der Waals surface area contributed by atoms with Crippen molar-refractivity contribution in [2.75, 3.05) is 5.75 Å². The molecule has 0 bridgehead atoms. The Balaban J connectivity index is 1.72. The highest BCUT2D eigenvalue weighted by molar-refractivity contribution is 7.99. The minimum Gasteiger partial charge on any atom is -0.457 e. The lowest BCUT2D eigenvalue weighted by Crippen LogP contribution is -2.11. The van der Waals surface area contributed by atoms with Crippen molar-refractivity contribution in [1.29, 1.82) is 0 Å². The van der Waals surface area contributed by atoms with Crippen LogP contribution in [0.4, 0.5) is 0 Å². The topological polar surface area (TPSA) is 69.9 Å². The molecular weight excluding hydrogens is 324 g/mol. The minimum absolute atomic E-state index is 0.0998. The van der Waals surface area contributed by atoms with Crippen molar-refractivity contribution >= 4 is 29.3 Å². The summed E-state index contributed by atoms with van der Waals surface area (Å²) >= 11 is 7.59. The first-order valence-electron chi connectivity index (χ1n) is 6.98. The molecule has 22 heavy (non-hydrogen) atoms. The first-order valence-corrected chi connectivity index (χ1v) is 8.35. The van der Waals surface area contributed by atoms with Crippen LogP contribution in [-0.2, 0) is 22.7 Å². The number of hydrogen-bond acceptors (Lipinski definition) is 6. The highest BCUT2D eigenvalue weighted by atomic mass is 35.5. The zero-order valence-corrected chi connectivity index (χ0v) is 13.8. The van der Waals surface area contributed by atoms with Crippen molar-refractivity contribution in [3.8, 4) is 0 Å². The Kier molecular flexibility index (Phi) is 6.67. The number of halogens is 1. The van der Waals surface area contributed by atoms with E-state index in [0.717, 1.165) is 11.3 Å². The third kappa shape index (κ3) is 4.99. The Morgan fingerprint density at radius 3 is 3.00 bits per heavy atom. The zero-order valence-electron chi connectivity index (χ0n) is 12.2. The predicted molar refractivity (Wildman–Crippen MR) is 84.7 cm³/mol. The second-order valence-electron chi connectivity index (χ2n) is 4.51. The maximum Gasteiger partial charge on any atom is 0.307 e. The molecule has 2 aromatic rings. The molecule has 0 aliphatic heterocycles. The molecular formula is C14H17ClN4O2S. The molecule has 0 atom stereocenters. The van der Waals surface area contributed by atoms with Crippen LogP contribution in [-0.4, -0.2) is 31.9 Å². The van der Waals surface area contributed by atoms with Crippen LogP contribution in [0.5, 0.6) is 0 Å². The maximum atomic E-state index is 11.7. The van der Waals surface area contributed by atoms with E-state index in [1.54, 1.807) is 4.68 Å². The second kappa shape index (κ2) is 8.75. The van der Waals surface area contributed by atoms with Gasteiger partial charge in [0, 0.05) is 17.2 Å². The molecule has 118 valence electrons. The van der Waals surface area contributed by atoms with E-state index in [2.05, 4.69) is 15.5 Å². The predicted octanol–water partition coefficient (Wildman–Crippen LogP) is 2.96. The SMILES string of the molecule is CCCn1nnnc1COC(=O)CCSc1ccccc1Cl. The summed E-state index contributed by atoms with van der Waals surface area (Å²) in [6.45, 7) is 2.84. The number of aryl methyl sites for hydroxylation is 1.